The number of para-hydroxylation sites is 1. The number of hydrogen-bond donors (Lipinski definition) is 1. The minimum absolute atomic E-state index is 0.444. The lowest BCUT2D eigenvalue weighted by Gasteiger charge is -2.28. The van der Waals surface area contributed by atoms with Crippen molar-refractivity contribution in [1.82, 2.24) is 4.98 Å². The van der Waals surface area contributed by atoms with E-state index in [0.717, 1.165) is 0 Å². The predicted octanol–water partition coefficient (Wildman–Crippen LogP) is 3.35. The fraction of sp³-hybridized carbons (Fsp3) is 0.0556. The summed E-state index contributed by atoms with van der Waals surface area (Å²) in [5.41, 5.74) is 1.08. The Morgan fingerprint density at radius 3 is 2.00 bits per heavy atom. The maximum absolute atomic E-state index is 11.1. The minimum Gasteiger partial charge on any atom is -0.452 e. The van der Waals surface area contributed by atoms with Gasteiger partial charge in [-0.25, -0.2) is 0 Å². The number of ether oxygens (including phenoxy) is 1. The lowest BCUT2D eigenvalue weighted by atomic mass is 10.0. The molecule has 2 aromatic carbocycles. The molecular formula is C18H15NO2. The average molecular weight is 277 g/mol. The normalized spacial score (nSPS) is 13.4. The minimum atomic E-state index is -1.62. The second-order valence-corrected chi connectivity index (χ2v) is 4.64. The second-order valence-electron chi connectivity index (χ2n) is 4.64. The monoisotopic (exact) mass is 277 g/mol. The molecule has 3 heteroatoms. The van der Waals surface area contributed by atoms with E-state index in [-0.39, 0.29) is 0 Å². The van der Waals surface area contributed by atoms with Crippen LogP contribution in [-0.4, -0.2) is 10.1 Å². The second kappa shape index (κ2) is 5.77. The van der Waals surface area contributed by atoms with Crippen molar-refractivity contribution < 1.29 is 9.84 Å². The average Bonchev–Trinajstić information content (AvgIpc) is 2.57. The molecule has 1 heterocycles. The smallest absolute Gasteiger partial charge is 0.278 e. The summed E-state index contributed by atoms with van der Waals surface area (Å²) in [4.78, 5) is 4.25. The molecule has 21 heavy (non-hydrogen) atoms. The zero-order valence-electron chi connectivity index (χ0n) is 11.4. The van der Waals surface area contributed by atoms with Gasteiger partial charge in [-0.1, -0.05) is 54.6 Å². The SMILES string of the molecule is OC(Oc1ccccc1)(c1ccccc1)c1ccccn1. The van der Waals surface area contributed by atoms with Gasteiger partial charge in [0.15, 0.2) is 0 Å². The van der Waals surface area contributed by atoms with E-state index in [1.54, 1.807) is 30.5 Å². The van der Waals surface area contributed by atoms with Crippen LogP contribution in [0.4, 0.5) is 0 Å². The molecule has 0 saturated heterocycles. The molecular weight excluding hydrogens is 262 g/mol. The van der Waals surface area contributed by atoms with Gasteiger partial charge in [-0.3, -0.25) is 4.98 Å². The van der Waals surface area contributed by atoms with Gasteiger partial charge < -0.3 is 9.84 Å². The van der Waals surface area contributed by atoms with Crippen molar-refractivity contribution in [2.75, 3.05) is 0 Å². The third-order valence-electron chi connectivity index (χ3n) is 3.19. The lowest BCUT2D eigenvalue weighted by molar-refractivity contribution is -0.111. The predicted molar refractivity (Wildman–Crippen MR) is 80.7 cm³/mol. The quantitative estimate of drug-likeness (QED) is 0.744. The first-order chi connectivity index (χ1) is 10.3. The molecule has 0 bridgehead atoms. The summed E-state index contributed by atoms with van der Waals surface area (Å²) in [6.07, 6.45) is 1.64. The van der Waals surface area contributed by atoms with Gasteiger partial charge in [-0.2, -0.15) is 0 Å². The number of pyridine rings is 1. The van der Waals surface area contributed by atoms with Gasteiger partial charge >= 0.3 is 0 Å². The Balaban J connectivity index is 2.07. The van der Waals surface area contributed by atoms with Crippen LogP contribution >= 0.6 is 0 Å². The maximum Gasteiger partial charge on any atom is 0.278 e. The number of aliphatic hydroxyl groups is 1. The zero-order chi connectivity index (χ0) is 14.5. The van der Waals surface area contributed by atoms with Gasteiger partial charge in [0.1, 0.15) is 11.4 Å². The van der Waals surface area contributed by atoms with E-state index in [0.29, 0.717) is 17.0 Å². The standard InChI is InChI=1S/C18H15NO2/c20-18(15-9-3-1-4-10-15,17-13-7-8-14-19-17)21-16-11-5-2-6-12-16/h1-14,20H. The molecule has 104 valence electrons. The van der Waals surface area contributed by atoms with Crippen molar-refractivity contribution in [3.63, 3.8) is 0 Å². The molecule has 1 aromatic heterocycles. The Kier molecular flexibility index (Phi) is 3.67. The van der Waals surface area contributed by atoms with Crippen LogP contribution in [-0.2, 0) is 5.79 Å². The molecule has 0 aliphatic rings. The van der Waals surface area contributed by atoms with Crippen LogP contribution in [0.15, 0.2) is 85.1 Å². The van der Waals surface area contributed by atoms with Crippen molar-refractivity contribution in [2.45, 2.75) is 5.79 Å². The highest BCUT2D eigenvalue weighted by molar-refractivity contribution is 5.32. The number of aromatic nitrogens is 1. The van der Waals surface area contributed by atoms with E-state index in [1.807, 2.05) is 54.6 Å². The van der Waals surface area contributed by atoms with E-state index in [1.165, 1.54) is 0 Å². The summed E-state index contributed by atoms with van der Waals surface area (Å²) >= 11 is 0. The number of benzene rings is 2. The molecule has 0 aliphatic carbocycles. The van der Waals surface area contributed by atoms with Crippen LogP contribution < -0.4 is 4.74 Å². The number of rotatable bonds is 4. The molecule has 3 rings (SSSR count). The number of hydrogen-bond acceptors (Lipinski definition) is 3. The molecule has 0 spiro atoms. The van der Waals surface area contributed by atoms with Gasteiger partial charge in [0.05, 0.1) is 0 Å². The van der Waals surface area contributed by atoms with Gasteiger partial charge in [-0.15, -0.1) is 0 Å². The van der Waals surface area contributed by atoms with Crippen LogP contribution in [0.2, 0.25) is 0 Å². The summed E-state index contributed by atoms with van der Waals surface area (Å²) in [7, 11) is 0. The Bertz CT molecular complexity index is 645. The number of nitrogens with zero attached hydrogens (tertiary/aromatic N) is 1. The summed E-state index contributed by atoms with van der Waals surface area (Å²) < 4.78 is 5.87. The van der Waals surface area contributed by atoms with Gasteiger partial charge in [0.25, 0.3) is 5.79 Å². The molecule has 0 radical (unpaired) electrons. The van der Waals surface area contributed by atoms with Crippen LogP contribution in [0.25, 0.3) is 0 Å². The highest BCUT2D eigenvalue weighted by Gasteiger charge is 2.35. The van der Waals surface area contributed by atoms with Crippen molar-refractivity contribution in [1.29, 1.82) is 0 Å². The summed E-state index contributed by atoms with van der Waals surface area (Å²) in [6.45, 7) is 0. The van der Waals surface area contributed by atoms with E-state index in [9.17, 15) is 5.11 Å². The first-order valence-corrected chi connectivity index (χ1v) is 6.72. The lowest BCUT2D eigenvalue weighted by Crippen LogP contribution is -2.35. The topological polar surface area (TPSA) is 42.4 Å². The molecule has 0 fully saturated rings. The van der Waals surface area contributed by atoms with E-state index >= 15 is 0 Å². The largest absolute Gasteiger partial charge is 0.452 e. The molecule has 0 amide bonds. The summed E-state index contributed by atoms with van der Waals surface area (Å²) in [6, 6.07) is 23.8. The Labute approximate surface area is 123 Å². The third-order valence-corrected chi connectivity index (χ3v) is 3.19. The molecule has 3 aromatic rings. The maximum atomic E-state index is 11.1. The fourth-order valence-corrected chi connectivity index (χ4v) is 2.15. The fourth-order valence-electron chi connectivity index (χ4n) is 2.15. The summed E-state index contributed by atoms with van der Waals surface area (Å²) in [5.74, 6) is -1.04. The summed E-state index contributed by atoms with van der Waals surface area (Å²) in [5, 5.41) is 11.1. The molecule has 0 aliphatic heterocycles. The van der Waals surface area contributed by atoms with E-state index in [4.69, 9.17) is 4.74 Å². The van der Waals surface area contributed by atoms with E-state index in [2.05, 4.69) is 4.98 Å². The van der Waals surface area contributed by atoms with Crippen LogP contribution in [0.1, 0.15) is 11.3 Å². The molecule has 1 unspecified atom stereocenters. The highest BCUT2D eigenvalue weighted by Crippen LogP contribution is 2.31. The van der Waals surface area contributed by atoms with Crippen molar-refractivity contribution >= 4 is 0 Å². The van der Waals surface area contributed by atoms with Crippen molar-refractivity contribution in [3.05, 3.63) is 96.3 Å². The van der Waals surface area contributed by atoms with Crippen LogP contribution in [0.5, 0.6) is 5.75 Å². The van der Waals surface area contributed by atoms with Crippen molar-refractivity contribution in [3.8, 4) is 5.75 Å². The molecule has 0 saturated carbocycles. The van der Waals surface area contributed by atoms with Crippen molar-refractivity contribution in [2.24, 2.45) is 0 Å². The third kappa shape index (κ3) is 2.78. The Hall–Kier alpha value is -2.65. The van der Waals surface area contributed by atoms with Gasteiger partial charge in [0.2, 0.25) is 0 Å². The van der Waals surface area contributed by atoms with Gasteiger partial charge in [0, 0.05) is 11.8 Å². The Morgan fingerprint density at radius 2 is 1.38 bits per heavy atom. The molecule has 1 N–H and O–H groups in total. The first kappa shape index (κ1) is 13.3. The van der Waals surface area contributed by atoms with Crippen LogP contribution in [0, 0.1) is 0 Å². The Morgan fingerprint density at radius 1 is 0.762 bits per heavy atom. The zero-order valence-corrected chi connectivity index (χ0v) is 11.4. The molecule has 1 atom stereocenters. The highest BCUT2D eigenvalue weighted by atomic mass is 16.6. The van der Waals surface area contributed by atoms with E-state index < -0.39 is 5.79 Å². The first-order valence-electron chi connectivity index (χ1n) is 6.72. The van der Waals surface area contributed by atoms with Crippen LogP contribution in [0.3, 0.4) is 0 Å². The molecule has 3 nitrogen and oxygen atoms in total. The van der Waals surface area contributed by atoms with Gasteiger partial charge in [-0.05, 0) is 24.3 Å².